The Kier molecular flexibility index (Phi) is 3.59. The van der Waals surface area contributed by atoms with Gasteiger partial charge in [0.2, 0.25) is 0 Å². The second kappa shape index (κ2) is 5.24. The van der Waals surface area contributed by atoms with Crippen LogP contribution in [0.3, 0.4) is 0 Å². The molecule has 0 amide bonds. The molecular weight excluding hydrogens is 300 g/mol. The van der Waals surface area contributed by atoms with Gasteiger partial charge in [0.15, 0.2) is 0 Å². The van der Waals surface area contributed by atoms with E-state index in [-0.39, 0.29) is 11.1 Å². The summed E-state index contributed by atoms with van der Waals surface area (Å²) < 4.78 is 19.1. The summed E-state index contributed by atoms with van der Waals surface area (Å²) in [5.41, 5.74) is 8.25. The molecule has 0 saturated heterocycles. The zero-order valence-corrected chi connectivity index (χ0v) is 12.0. The molecule has 0 aromatic heterocycles. The highest BCUT2D eigenvalue weighted by Crippen LogP contribution is 2.41. The second-order valence-corrected chi connectivity index (χ2v) is 5.59. The minimum Gasteiger partial charge on any atom is -0.488 e. The summed E-state index contributed by atoms with van der Waals surface area (Å²) in [4.78, 5) is 0. The fourth-order valence-electron chi connectivity index (χ4n) is 2.40. The molecule has 104 valence electrons. The molecule has 0 saturated carbocycles. The van der Waals surface area contributed by atoms with Crippen molar-refractivity contribution in [3.63, 3.8) is 0 Å². The molecule has 0 aliphatic carbocycles. The van der Waals surface area contributed by atoms with Crippen LogP contribution in [0.15, 0.2) is 30.3 Å². The van der Waals surface area contributed by atoms with Crippen molar-refractivity contribution in [3.8, 4) is 16.9 Å². The number of halogens is 3. The zero-order chi connectivity index (χ0) is 14.3. The van der Waals surface area contributed by atoms with Gasteiger partial charge in [-0.05, 0) is 35.4 Å². The van der Waals surface area contributed by atoms with E-state index in [9.17, 15) is 4.39 Å². The van der Waals surface area contributed by atoms with Gasteiger partial charge in [-0.2, -0.15) is 0 Å². The van der Waals surface area contributed by atoms with Crippen LogP contribution in [-0.2, 0) is 6.42 Å². The van der Waals surface area contributed by atoms with Crippen LogP contribution in [0.25, 0.3) is 11.1 Å². The highest BCUT2D eigenvalue weighted by molar-refractivity contribution is 6.31. The van der Waals surface area contributed by atoms with Crippen LogP contribution in [0.1, 0.15) is 5.56 Å². The normalized spacial score (nSPS) is 16.9. The topological polar surface area (TPSA) is 35.2 Å². The van der Waals surface area contributed by atoms with Crippen molar-refractivity contribution in [1.29, 1.82) is 0 Å². The summed E-state index contributed by atoms with van der Waals surface area (Å²) in [6, 6.07) is 8.23. The molecule has 1 heterocycles. The molecule has 1 aliphatic rings. The van der Waals surface area contributed by atoms with Crippen molar-refractivity contribution >= 4 is 23.2 Å². The van der Waals surface area contributed by atoms with Crippen LogP contribution in [0.4, 0.5) is 4.39 Å². The fourth-order valence-corrected chi connectivity index (χ4v) is 2.83. The summed E-state index contributed by atoms with van der Waals surface area (Å²) in [6.07, 6.45) is 0.687. The van der Waals surface area contributed by atoms with Crippen LogP contribution in [0, 0.1) is 5.82 Å². The lowest BCUT2D eigenvalue weighted by Crippen LogP contribution is -2.24. The maximum Gasteiger partial charge on any atom is 0.141 e. The standard InChI is InChI=1S/C15H12Cl2FNO/c16-10-3-9-4-11(7-19)20-15(9)12(6-10)8-1-2-14(18)13(17)5-8/h1-3,5-6,11H,4,7,19H2. The molecule has 0 bridgehead atoms. The van der Waals surface area contributed by atoms with E-state index in [4.69, 9.17) is 33.7 Å². The maximum absolute atomic E-state index is 13.3. The molecule has 1 aliphatic heterocycles. The summed E-state index contributed by atoms with van der Waals surface area (Å²) in [5, 5.41) is 0.685. The Balaban J connectivity index is 2.13. The summed E-state index contributed by atoms with van der Waals surface area (Å²) in [5.74, 6) is 0.308. The number of fused-ring (bicyclic) bond motifs is 1. The molecule has 1 atom stereocenters. The lowest BCUT2D eigenvalue weighted by molar-refractivity contribution is 0.242. The lowest BCUT2D eigenvalue weighted by Gasteiger charge is -2.12. The average molecular weight is 312 g/mol. The van der Waals surface area contributed by atoms with Gasteiger partial charge in [0.1, 0.15) is 17.7 Å². The molecule has 2 aromatic rings. The number of hydrogen-bond acceptors (Lipinski definition) is 2. The third kappa shape index (κ3) is 2.37. The van der Waals surface area contributed by atoms with Crippen molar-refractivity contribution in [2.45, 2.75) is 12.5 Å². The first kappa shape index (κ1) is 13.7. The zero-order valence-electron chi connectivity index (χ0n) is 10.5. The Bertz CT molecular complexity index is 675. The first-order valence-corrected chi connectivity index (χ1v) is 6.98. The van der Waals surface area contributed by atoms with Gasteiger partial charge in [0.25, 0.3) is 0 Å². The molecule has 1 unspecified atom stereocenters. The third-order valence-corrected chi connectivity index (χ3v) is 3.86. The molecule has 20 heavy (non-hydrogen) atoms. The molecule has 2 N–H and O–H groups in total. The number of rotatable bonds is 2. The Morgan fingerprint density at radius 3 is 2.75 bits per heavy atom. The summed E-state index contributed by atoms with van der Waals surface area (Å²) in [6.45, 7) is 0.440. The third-order valence-electron chi connectivity index (χ3n) is 3.36. The molecule has 0 spiro atoms. The predicted octanol–water partition coefficient (Wildman–Crippen LogP) is 4.06. The molecule has 2 aromatic carbocycles. The van der Waals surface area contributed by atoms with Crippen LogP contribution < -0.4 is 10.5 Å². The maximum atomic E-state index is 13.3. The van der Waals surface area contributed by atoms with E-state index in [2.05, 4.69) is 0 Å². The van der Waals surface area contributed by atoms with Gasteiger partial charge in [-0.1, -0.05) is 29.3 Å². The number of hydrogen-bond donors (Lipinski definition) is 1. The van der Waals surface area contributed by atoms with Gasteiger partial charge >= 0.3 is 0 Å². The quantitative estimate of drug-likeness (QED) is 0.907. The second-order valence-electron chi connectivity index (χ2n) is 4.75. The SMILES string of the molecule is NCC1Cc2cc(Cl)cc(-c3ccc(F)c(Cl)c3)c2O1. The van der Waals surface area contributed by atoms with Crippen LogP contribution in [0.5, 0.6) is 5.75 Å². The highest BCUT2D eigenvalue weighted by Gasteiger charge is 2.25. The Morgan fingerprint density at radius 2 is 2.05 bits per heavy atom. The Labute approximate surface area is 126 Å². The van der Waals surface area contributed by atoms with Crippen molar-refractivity contribution in [2.75, 3.05) is 6.54 Å². The van der Waals surface area contributed by atoms with Crippen LogP contribution >= 0.6 is 23.2 Å². The van der Waals surface area contributed by atoms with Gasteiger partial charge < -0.3 is 10.5 Å². The summed E-state index contributed by atoms with van der Waals surface area (Å²) >= 11 is 12.0. The average Bonchev–Trinajstić information content (AvgIpc) is 2.83. The van der Waals surface area contributed by atoms with Gasteiger partial charge in [-0.25, -0.2) is 4.39 Å². The first-order valence-electron chi connectivity index (χ1n) is 6.23. The number of nitrogens with two attached hydrogens (primary N) is 1. The molecule has 2 nitrogen and oxygen atoms in total. The minimum atomic E-state index is -0.449. The van der Waals surface area contributed by atoms with Gasteiger partial charge in [0, 0.05) is 23.6 Å². The van der Waals surface area contributed by atoms with Gasteiger partial charge in [-0.15, -0.1) is 0 Å². The molecule has 3 rings (SSSR count). The van der Waals surface area contributed by atoms with E-state index >= 15 is 0 Å². The van der Waals surface area contributed by atoms with E-state index in [1.165, 1.54) is 6.07 Å². The Morgan fingerprint density at radius 1 is 1.25 bits per heavy atom. The van der Waals surface area contributed by atoms with E-state index in [1.54, 1.807) is 18.2 Å². The van der Waals surface area contributed by atoms with E-state index < -0.39 is 5.82 Å². The van der Waals surface area contributed by atoms with Crippen molar-refractivity contribution in [3.05, 3.63) is 51.8 Å². The van der Waals surface area contributed by atoms with Crippen molar-refractivity contribution in [2.24, 2.45) is 5.73 Å². The predicted molar refractivity (Wildman–Crippen MR) is 79.0 cm³/mol. The van der Waals surface area contributed by atoms with E-state index in [0.717, 1.165) is 28.9 Å². The van der Waals surface area contributed by atoms with Crippen LogP contribution in [0.2, 0.25) is 10.0 Å². The minimum absolute atomic E-state index is 0.0434. The molecule has 0 radical (unpaired) electrons. The number of ether oxygens (including phenoxy) is 1. The molecule has 5 heteroatoms. The summed E-state index contributed by atoms with van der Waals surface area (Å²) in [7, 11) is 0. The van der Waals surface area contributed by atoms with Crippen LogP contribution in [-0.4, -0.2) is 12.6 Å². The van der Waals surface area contributed by atoms with E-state index in [0.29, 0.717) is 11.6 Å². The van der Waals surface area contributed by atoms with Gasteiger partial charge in [0.05, 0.1) is 5.02 Å². The highest BCUT2D eigenvalue weighted by atomic mass is 35.5. The monoisotopic (exact) mass is 311 g/mol. The van der Waals surface area contributed by atoms with E-state index in [1.807, 2.05) is 6.07 Å². The first-order chi connectivity index (χ1) is 9.58. The molecule has 0 fully saturated rings. The number of benzene rings is 2. The smallest absolute Gasteiger partial charge is 0.141 e. The fraction of sp³-hybridized carbons (Fsp3) is 0.200. The van der Waals surface area contributed by atoms with Gasteiger partial charge in [-0.3, -0.25) is 0 Å². The molecular formula is C15H12Cl2FNO. The van der Waals surface area contributed by atoms with Crippen molar-refractivity contribution in [1.82, 2.24) is 0 Å². The Hall–Kier alpha value is -1.29. The lowest BCUT2D eigenvalue weighted by atomic mass is 10.0. The largest absolute Gasteiger partial charge is 0.488 e. The van der Waals surface area contributed by atoms with Crippen molar-refractivity contribution < 1.29 is 9.13 Å².